The molecule has 2 saturated carbocycles. The van der Waals surface area contributed by atoms with Crippen LogP contribution in [0.4, 0.5) is 10.5 Å². The Balaban J connectivity index is 1.26. The third kappa shape index (κ3) is 5.32. The summed E-state index contributed by atoms with van der Waals surface area (Å²) in [5.74, 6) is -0.0536. The predicted octanol–water partition coefficient (Wildman–Crippen LogP) is 3.62. The lowest BCUT2D eigenvalue weighted by molar-refractivity contribution is -0.137. The summed E-state index contributed by atoms with van der Waals surface area (Å²) in [4.78, 5) is 45.4. The molecule has 1 aromatic carbocycles. The topological polar surface area (TPSA) is 85.0 Å². The molecule has 0 aromatic heterocycles. The number of hydrogen-bond donors (Lipinski definition) is 2. The number of carbonyl (C=O) groups is 3. The summed E-state index contributed by atoms with van der Waals surface area (Å²) in [6.45, 7) is 1.56. The molecule has 2 N–H and O–H groups in total. The first-order chi connectivity index (χ1) is 17.5. The molecule has 0 unspecified atom stereocenters. The van der Waals surface area contributed by atoms with Gasteiger partial charge in [-0.25, -0.2) is 4.79 Å². The Kier molecular flexibility index (Phi) is 7.67. The van der Waals surface area contributed by atoms with Crippen molar-refractivity contribution in [3.05, 3.63) is 30.3 Å². The van der Waals surface area contributed by atoms with Crippen LogP contribution in [0.1, 0.15) is 77.0 Å². The molecule has 5 rings (SSSR count). The molecule has 4 aliphatic rings. The van der Waals surface area contributed by atoms with Crippen LogP contribution in [0.15, 0.2) is 30.3 Å². The molecule has 1 aromatic rings. The number of nitrogens with zero attached hydrogens (tertiary/aromatic N) is 3. The van der Waals surface area contributed by atoms with Crippen LogP contribution in [0.25, 0.3) is 0 Å². The van der Waals surface area contributed by atoms with Crippen molar-refractivity contribution in [1.82, 2.24) is 20.4 Å². The van der Waals surface area contributed by atoms with E-state index in [-0.39, 0.29) is 36.5 Å². The first-order valence-corrected chi connectivity index (χ1v) is 14.0. The van der Waals surface area contributed by atoms with Gasteiger partial charge in [0.25, 0.3) is 5.91 Å². The zero-order valence-corrected chi connectivity index (χ0v) is 21.4. The maximum Gasteiger partial charge on any atom is 0.317 e. The highest BCUT2D eigenvalue weighted by Gasteiger charge is 2.54. The molecule has 36 heavy (non-hydrogen) atoms. The van der Waals surface area contributed by atoms with Crippen molar-refractivity contribution in [3.8, 4) is 0 Å². The molecule has 8 nitrogen and oxygen atoms in total. The van der Waals surface area contributed by atoms with E-state index in [0.717, 1.165) is 44.2 Å². The van der Waals surface area contributed by atoms with Crippen LogP contribution in [0.3, 0.4) is 0 Å². The molecular formula is C28H41N5O3. The van der Waals surface area contributed by atoms with E-state index >= 15 is 0 Å². The van der Waals surface area contributed by atoms with Gasteiger partial charge in [0.05, 0.1) is 6.67 Å². The highest BCUT2D eigenvalue weighted by Crippen LogP contribution is 2.39. The van der Waals surface area contributed by atoms with E-state index in [1.165, 1.54) is 25.7 Å². The van der Waals surface area contributed by atoms with Gasteiger partial charge in [0, 0.05) is 30.9 Å². The summed E-state index contributed by atoms with van der Waals surface area (Å²) in [5, 5.41) is 6.38. The maximum absolute atomic E-state index is 13.9. The average molecular weight is 496 g/mol. The summed E-state index contributed by atoms with van der Waals surface area (Å²) in [5.41, 5.74) is 0.273. The van der Waals surface area contributed by atoms with Crippen molar-refractivity contribution in [1.29, 1.82) is 0 Å². The second kappa shape index (κ2) is 11.1. The maximum atomic E-state index is 13.9. The van der Waals surface area contributed by atoms with E-state index in [4.69, 9.17) is 0 Å². The minimum Gasteiger partial charge on any atom is -0.352 e. The molecule has 2 heterocycles. The number of urea groups is 1. The summed E-state index contributed by atoms with van der Waals surface area (Å²) >= 11 is 0. The first kappa shape index (κ1) is 24.9. The summed E-state index contributed by atoms with van der Waals surface area (Å²) in [6, 6.07) is 10.5. The molecule has 2 saturated heterocycles. The highest BCUT2D eigenvalue weighted by molar-refractivity contribution is 5.96. The smallest absolute Gasteiger partial charge is 0.317 e. The molecule has 2 aliphatic heterocycles. The summed E-state index contributed by atoms with van der Waals surface area (Å²) in [7, 11) is 0. The van der Waals surface area contributed by atoms with Gasteiger partial charge in [-0.3, -0.25) is 9.59 Å². The Morgan fingerprint density at radius 3 is 2.03 bits per heavy atom. The van der Waals surface area contributed by atoms with Crippen molar-refractivity contribution < 1.29 is 14.4 Å². The Morgan fingerprint density at radius 2 is 1.42 bits per heavy atom. The molecule has 0 radical (unpaired) electrons. The SMILES string of the molecule is O=C(CN1CN(c2ccccc2)C2(CCN(C(=O)NC3CCCCC3)CC2)C1=O)NC1CCCCC1. The lowest BCUT2D eigenvalue weighted by atomic mass is 9.85. The zero-order chi connectivity index (χ0) is 25.0. The predicted molar refractivity (Wildman–Crippen MR) is 139 cm³/mol. The van der Waals surface area contributed by atoms with E-state index in [1.54, 1.807) is 4.90 Å². The lowest BCUT2D eigenvalue weighted by Gasteiger charge is -2.43. The molecule has 4 fully saturated rings. The number of para-hydroxylation sites is 1. The van der Waals surface area contributed by atoms with Crippen LogP contribution in [0.2, 0.25) is 0 Å². The number of piperidine rings is 1. The van der Waals surface area contributed by atoms with Gasteiger partial charge in [-0.15, -0.1) is 0 Å². The minimum atomic E-state index is -0.714. The first-order valence-electron chi connectivity index (χ1n) is 14.0. The quantitative estimate of drug-likeness (QED) is 0.654. The number of carbonyl (C=O) groups excluding carboxylic acids is 3. The van der Waals surface area contributed by atoms with Crippen LogP contribution < -0.4 is 15.5 Å². The fourth-order valence-corrected chi connectivity index (χ4v) is 6.61. The van der Waals surface area contributed by atoms with Gasteiger partial charge >= 0.3 is 6.03 Å². The second-order valence-electron chi connectivity index (χ2n) is 11.1. The Labute approximate surface area is 214 Å². The molecule has 2 aliphatic carbocycles. The number of rotatable bonds is 5. The van der Waals surface area contributed by atoms with E-state index in [2.05, 4.69) is 15.5 Å². The normalized spacial score (nSPS) is 23.2. The van der Waals surface area contributed by atoms with E-state index < -0.39 is 5.54 Å². The van der Waals surface area contributed by atoms with Crippen LogP contribution in [-0.2, 0) is 9.59 Å². The molecular weight excluding hydrogens is 454 g/mol. The zero-order valence-electron chi connectivity index (χ0n) is 21.4. The largest absolute Gasteiger partial charge is 0.352 e. The third-order valence-corrected chi connectivity index (χ3v) is 8.70. The van der Waals surface area contributed by atoms with Gasteiger partial charge in [0.2, 0.25) is 5.91 Å². The van der Waals surface area contributed by atoms with Crippen molar-refractivity contribution in [2.45, 2.75) is 94.7 Å². The van der Waals surface area contributed by atoms with E-state index in [1.807, 2.05) is 35.2 Å². The highest BCUT2D eigenvalue weighted by atomic mass is 16.2. The van der Waals surface area contributed by atoms with Gasteiger partial charge < -0.3 is 25.3 Å². The Morgan fingerprint density at radius 1 is 0.833 bits per heavy atom. The molecule has 0 bridgehead atoms. The van der Waals surface area contributed by atoms with Crippen molar-refractivity contribution >= 4 is 23.5 Å². The molecule has 4 amide bonds. The van der Waals surface area contributed by atoms with Crippen molar-refractivity contribution in [2.24, 2.45) is 0 Å². The molecule has 196 valence electrons. The monoisotopic (exact) mass is 495 g/mol. The van der Waals surface area contributed by atoms with E-state index in [9.17, 15) is 14.4 Å². The van der Waals surface area contributed by atoms with Crippen molar-refractivity contribution in [3.63, 3.8) is 0 Å². The van der Waals surface area contributed by atoms with Crippen LogP contribution in [0.5, 0.6) is 0 Å². The Bertz CT molecular complexity index is 918. The van der Waals surface area contributed by atoms with E-state index in [0.29, 0.717) is 32.6 Å². The average Bonchev–Trinajstić information content (AvgIpc) is 3.16. The molecule has 0 atom stereocenters. The fourth-order valence-electron chi connectivity index (χ4n) is 6.61. The van der Waals surface area contributed by atoms with Gasteiger partial charge in [-0.05, 0) is 50.7 Å². The number of anilines is 1. The number of nitrogens with one attached hydrogen (secondary N) is 2. The number of hydrogen-bond acceptors (Lipinski definition) is 4. The fraction of sp³-hybridized carbons (Fsp3) is 0.679. The number of benzene rings is 1. The van der Waals surface area contributed by atoms with Crippen LogP contribution in [0, 0.1) is 0 Å². The molecule has 1 spiro atoms. The van der Waals surface area contributed by atoms with Gasteiger partial charge in [-0.1, -0.05) is 56.7 Å². The Hall–Kier alpha value is -2.77. The van der Waals surface area contributed by atoms with Gasteiger partial charge in [0.1, 0.15) is 12.1 Å². The lowest BCUT2D eigenvalue weighted by Crippen LogP contribution is -2.59. The van der Waals surface area contributed by atoms with Crippen LogP contribution >= 0.6 is 0 Å². The summed E-state index contributed by atoms with van der Waals surface area (Å²) < 4.78 is 0. The minimum absolute atomic E-state index is 0.00262. The van der Waals surface area contributed by atoms with Crippen molar-refractivity contribution in [2.75, 3.05) is 31.2 Å². The summed E-state index contributed by atoms with van der Waals surface area (Å²) in [6.07, 6.45) is 12.5. The third-order valence-electron chi connectivity index (χ3n) is 8.70. The standard InChI is InChI=1S/C28H41N5O3/c34-25(29-22-10-4-1-5-11-22)20-32-21-33(24-14-8-3-9-15-24)28(26(32)35)16-18-31(19-17-28)27(36)30-23-12-6-2-7-13-23/h3,8-9,14-15,22-23H,1-2,4-7,10-13,16-21H2,(H,29,34)(H,30,36). The van der Waals surface area contributed by atoms with Gasteiger partial charge in [0.15, 0.2) is 0 Å². The van der Waals surface area contributed by atoms with Gasteiger partial charge in [-0.2, -0.15) is 0 Å². The molecule has 8 heteroatoms. The number of amides is 4. The second-order valence-corrected chi connectivity index (χ2v) is 11.1. The van der Waals surface area contributed by atoms with Crippen LogP contribution in [-0.4, -0.2) is 71.6 Å². The number of likely N-dealkylation sites (tertiary alicyclic amines) is 1.